The van der Waals surface area contributed by atoms with E-state index < -0.39 is 0 Å². The lowest BCUT2D eigenvalue weighted by Gasteiger charge is -2.18. The number of nitrogen functional groups attached to an aromatic ring is 1. The fraction of sp³-hybridized carbons (Fsp3) is 0.429. The van der Waals surface area contributed by atoms with Gasteiger partial charge in [-0.15, -0.1) is 0 Å². The molecule has 3 rings (SSSR count). The van der Waals surface area contributed by atoms with Gasteiger partial charge in [-0.25, -0.2) is 4.98 Å². The Morgan fingerprint density at radius 3 is 3.11 bits per heavy atom. The number of hydrogen-bond donors (Lipinski definition) is 1. The molecule has 1 aromatic carbocycles. The molecule has 1 saturated heterocycles. The number of benzene rings is 1. The first-order chi connectivity index (χ1) is 9.22. The summed E-state index contributed by atoms with van der Waals surface area (Å²) >= 11 is 0. The number of fused-ring (bicyclic) bond motifs is 1. The SMILES string of the molecule is Nc1ccc2nc(CN3CCCCCC3=O)oc2c1. The van der Waals surface area contributed by atoms with Gasteiger partial charge in [0.2, 0.25) is 11.8 Å². The maximum atomic E-state index is 11.9. The Kier molecular flexibility index (Phi) is 3.11. The molecule has 0 unspecified atom stereocenters. The van der Waals surface area contributed by atoms with Gasteiger partial charge in [0.1, 0.15) is 5.52 Å². The fourth-order valence-corrected chi connectivity index (χ4v) is 2.43. The number of carbonyl (C=O) groups is 1. The fourth-order valence-electron chi connectivity index (χ4n) is 2.43. The second-order valence-corrected chi connectivity index (χ2v) is 4.96. The second kappa shape index (κ2) is 4.91. The van der Waals surface area contributed by atoms with Crippen LogP contribution in [0.3, 0.4) is 0 Å². The molecule has 1 aromatic heterocycles. The van der Waals surface area contributed by atoms with E-state index in [0.717, 1.165) is 31.3 Å². The van der Waals surface area contributed by atoms with Gasteiger partial charge in [-0.2, -0.15) is 0 Å². The van der Waals surface area contributed by atoms with E-state index in [1.165, 1.54) is 0 Å². The third-order valence-corrected chi connectivity index (χ3v) is 3.45. The minimum atomic E-state index is 0.194. The number of nitrogens with two attached hydrogens (primary N) is 1. The standard InChI is InChI=1S/C14H17N3O2/c15-10-5-6-11-12(8-10)19-13(16-11)9-17-7-3-1-2-4-14(17)18/h5-6,8H,1-4,7,9,15H2. The van der Waals surface area contributed by atoms with Crippen LogP contribution in [0.15, 0.2) is 22.6 Å². The van der Waals surface area contributed by atoms with Crippen LogP contribution in [0.2, 0.25) is 0 Å². The molecule has 100 valence electrons. The summed E-state index contributed by atoms with van der Waals surface area (Å²) in [5.41, 5.74) is 7.82. The van der Waals surface area contributed by atoms with Crippen molar-refractivity contribution in [2.75, 3.05) is 12.3 Å². The van der Waals surface area contributed by atoms with Crippen molar-refractivity contribution < 1.29 is 9.21 Å². The number of oxazole rings is 1. The van der Waals surface area contributed by atoms with E-state index in [1.807, 2.05) is 11.0 Å². The van der Waals surface area contributed by atoms with Crippen LogP contribution >= 0.6 is 0 Å². The van der Waals surface area contributed by atoms with Gasteiger partial charge >= 0.3 is 0 Å². The Balaban J connectivity index is 1.82. The number of carbonyl (C=O) groups excluding carboxylic acids is 1. The Labute approximate surface area is 111 Å². The Morgan fingerprint density at radius 2 is 2.21 bits per heavy atom. The molecule has 1 aliphatic heterocycles. The molecule has 0 radical (unpaired) electrons. The van der Waals surface area contributed by atoms with Crippen LogP contribution < -0.4 is 5.73 Å². The number of amides is 1. The molecule has 0 saturated carbocycles. The van der Waals surface area contributed by atoms with Crippen LogP contribution in [0.25, 0.3) is 11.1 Å². The van der Waals surface area contributed by atoms with Crippen molar-refractivity contribution >= 4 is 22.7 Å². The van der Waals surface area contributed by atoms with Gasteiger partial charge in [0, 0.05) is 24.7 Å². The largest absolute Gasteiger partial charge is 0.439 e. The summed E-state index contributed by atoms with van der Waals surface area (Å²) in [5.74, 6) is 0.773. The molecule has 5 heteroatoms. The zero-order valence-electron chi connectivity index (χ0n) is 10.8. The van der Waals surface area contributed by atoms with Crippen molar-refractivity contribution in [3.8, 4) is 0 Å². The lowest BCUT2D eigenvalue weighted by atomic mass is 10.2. The van der Waals surface area contributed by atoms with Crippen molar-refractivity contribution in [2.45, 2.75) is 32.2 Å². The predicted molar refractivity (Wildman–Crippen MR) is 72.3 cm³/mol. The average molecular weight is 259 g/mol. The second-order valence-electron chi connectivity index (χ2n) is 4.96. The molecule has 1 fully saturated rings. The minimum Gasteiger partial charge on any atom is -0.439 e. The molecule has 0 aliphatic carbocycles. The Morgan fingerprint density at radius 1 is 1.32 bits per heavy atom. The summed E-state index contributed by atoms with van der Waals surface area (Å²) in [6.07, 6.45) is 3.79. The molecule has 1 aliphatic rings. The lowest BCUT2D eigenvalue weighted by Crippen LogP contribution is -2.29. The van der Waals surface area contributed by atoms with Crippen LogP contribution in [0.1, 0.15) is 31.6 Å². The van der Waals surface area contributed by atoms with Crippen LogP contribution in [-0.4, -0.2) is 22.3 Å². The van der Waals surface area contributed by atoms with Crippen molar-refractivity contribution in [3.63, 3.8) is 0 Å². The number of nitrogens with zero attached hydrogens (tertiary/aromatic N) is 2. The van der Waals surface area contributed by atoms with Gasteiger partial charge in [-0.05, 0) is 25.0 Å². The maximum Gasteiger partial charge on any atom is 0.223 e. The van der Waals surface area contributed by atoms with Gasteiger partial charge in [0.25, 0.3) is 0 Å². The molecule has 5 nitrogen and oxygen atoms in total. The Hall–Kier alpha value is -2.04. The van der Waals surface area contributed by atoms with Crippen molar-refractivity contribution in [3.05, 3.63) is 24.1 Å². The highest BCUT2D eigenvalue weighted by Crippen LogP contribution is 2.20. The summed E-state index contributed by atoms with van der Waals surface area (Å²) in [6.45, 7) is 1.24. The maximum absolute atomic E-state index is 11.9. The highest BCUT2D eigenvalue weighted by atomic mass is 16.3. The number of aromatic nitrogens is 1. The molecular formula is C14H17N3O2. The number of likely N-dealkylation sites (tertiary alicyclic amines) is 1. The van der Waals surface area contributed by atoms with Crippen LogP contribution in [-0.2, 0) is 11.3 Å². The topological polar surface area (TPSA) is 72.4 Å². The van der Waals surface area contributed by atoms with E-state index in [9.17, 15) is 4.79 Å². The lowest BCUT2D eigenvalue weighted by molar-refractivity contribution is -0.131. The average Bonchev–Trinajstić information content (AvgIpc) is 2.66. The van der Waals surface area contributed by atoms with Crippen molar-refractivity contribution in [1.29, 1.82) is 0 Å². The van der Waals surface area contributed by atoms with Gasteiger partial charge in [0.15, 0.2) is 5.58 Å². The zero-order valence-corrected chi connectivity index (χ0v) is 10.8. The van der Waals surface area contributed by atoms with E-state index in [-0.39, 0.29) is 5.91 Å². The number of anilines is 1. The van der Waals surface area contributed by atoms with Gasteiger partial charge < -0.3 is 15.1 Å². The van der Waals surface area contributed by atoms with Crippen molar-refractivity contribution in [2.24, 2.45) is 0 Å². The summed E-state index contributed by atoms with van der Waals surface area (Å²) in [7, 11) is 0. The van der Waals surface area contributed by atoms with E-state index in [1.54, 1.807) is 12.1 Å². The molecule has 0 bridgehead atoms. The smallest absolute Gasteiger partial charge is 0.223 e. The van der Waals surface area contributed by atoms with Gasteiger partial charge in [0.05, 0.1) is 6.54 Å². The van der Waals surface area contributed by atoms with E-state index in [0.29, 0.717) is 30.1 Å². The normalized spacial score (nSPS) is 16.8. The Bertz CT molecular complexity index is 606. The van der Waals surface area contributed by atoms with Crippen molar-refractivity contribution in [1.82, 2.24) is 9.88 Å². The molecular weight excluding hydrogens is 242 g/mol. The molecule has 2 N–H and O–H groups in total. The van der Waals surface area contributed by atoms with E-state index in [2.05, 4.69) is 4.98 Å². The molecule has 0 spiro atoms. The summed E-state index contributed by atoms with van der Waals surface area (Å²) in [5, 5.41) is 0. The van der Waals surface area contributed by atoms with Crippen LogP contribution in [0.4, 0.5) is 5.69 Å². The van der Waals surface area contributed by atoms with Gasteiger partial charge in [-0.3, -0.25) is 4.79 Å². The highest BCUT2D eigenvalue weighted by Gasteiger charge is 2.19. The summed E-state index contributed by atoms with van der Waals surface area (Å²) in [4.78, 5) is 18.2. The third-order valence-electron chi connectivity index (χ3n) is 3.45. The van der Waals surface area contributed by atoms with Crippen LogP contribution in [0.5, 0.6) is 0 Å². The monoisotopic (exact) mass is 259 g/mol. The first-order valence-electron chi connectivity index (χ1n) is 6.65. The third kappa shape index (κ3) is 2.54. The quantitative estimate of drug-likeness (QED) is 0.840. The molecule has 0 atom stereocenters. The summed E-state index contributed by atoms with van der Waals surface area (Å²) < 4.78 is 5.66. The number of hydrogen-bond acceptors (Lipinski definition) is 4. The number of rotatable bonds is 2. The van der Waals surface area contributed by atoms with Gasteiger partial charge in [-0.1, -0.05) is 6.42 Å². The first-order valence-corrected chi connectivity index (χ1v) is 6.65. The minimum absolute atomic E-state index is 0.194. The highest BCUT2D eigenvalue weighted by molar-refractivity contribution is 5.77. The van der Waals surface area contributed by atoms with E-state index >= 15 is 0 Å². The summed E-state index contributed by atoms with van der Waals surface area (Å²) in [6, 6.07) is 5.39. The zero-order chi connectivity index (χ0) is 13.2. The van der Waals surface area contributed by atoms with E-state index in [4.69, 9.17) is 10.2 Å². The molecule has 19 heavy (non-hydrogen) atoms. The molecule has 2 aromatic rings. The van der Waals surface area contributed by atoms with Crippen LogP contribution in [0, 0.1) is 0 Å². The molecule has 2 heterocycles. The predicted octanol–water partition coefficient (Wildman–Crippen LogP) is 2.31. The first kappa shape index (κ1) is 12.0. The molecule has 1 amide bonds.